The largest absolute Gasteiger partial charge is 0.479 e. The number of carboxylic acid groups (broad SMARTS) is 1. The molecule has 0 amide bonds. The molecule has 0 heterocycles. The Morgan fingerprint density at radius 1 is 1.00 bits per heavy atom. The summed E-state index contributed by atoms with van der Waals surface area (Å²) in [6.45, 7) is 0. The van der Waals surface area contributed by atoms with Crippen LogP contribution in [0.3, 0.4) is 0 Å². The number of hydrogen-bond donors (Lipinski definition) is 2. The minimum Gasteiger partial charge on any atom is -0.479 e. The SMILES string of the molecule is O=C(O)C(Nc1c(F)c(F)cc(F)c1F)c1ccccc1. The van der Waals surface area contributed by atoms with Crippen molar-refractivity contribution in [1.82, 2.24) is 0 Å². The number of benzene rings is 2. The zero-order chi connectivity index (χ0) is 15.6. The van der Waals surface area contributed by atoms with E-state index < -0.39 is 41.0 Å². The normalized spacial score (nSPS) is 12.0. The number of anilines is 1. The molecule has 1 atom stereocenters. The molecule has 0 spiro atoms. The van der Waals surface area contributed by atoms with Crippen molar-refractivity contribution in [2.45, 2.75) is 6.04 Å². The molecule has 0 saturated carbocycles. The topological polar surface area (TPSA) is 49.3 Å². The molecule has 2 rings (SSSR count). The summed E-state index contributed by atoms with van der Waals surface area (Å²) in [5.74, 6) is -8.06. The molecule has 2 aromatic carbocycles. The van der Waals surface area contributed by atoms with E-state index in [0.717, 1.165) is 0 Å². The summed E-state index contributed by atoms with van der Waals surface area (Å²) in [5, 5.41) is 11.1. The van der Waals surface area contributed by atoms with E-state index in [9.17, 15) is 22.4 Å². The smallest absolute Gasteiger partial charge is 0.330 e. The van der Waals surface area contributed by atoms with Crippen LogP contribution in [0.15, 0.2) is 36.4 Å². The second-order valence-corrected chi connectivity index (χ2v) is 4.17. The van der Waals surface area contributed by atoms with Crippen LogP contribution in [-0.2, 0) is 4.79 Å². The number of carbonyl (C=O) groups is 1. The van der Waals surface area contributed by atoms with E-state index >= 15 is 0 Å². The highest BCUT2D eigenvalue weighted by Crippen LogP contribution is 2.28. The van der Waals surface area contributed by atoms with Crippen molar-refractivity contribution in [3.8, 4) is 0 Å². The molecule has 7 heteroatoms. The maximum absolute atomic E-state index is 13.5. The van der Waals surface area contributed by atoms with Gasteiger partial charge >= 0.3 is 5.97 Å². The molecular weight excluding hydrogens is 290 g/mol. The van der Waals surface area contributed by atoms with Crippen molar-refractivity contribution in [1.29, 1.82) is 0 Å². The summed E-state index contributed by atoms with van der Waals surface area (Å²) in [5.41, 5.74) is -0.989. The zero-order valence-corrected chi connectivity index (χ0v) is 10.4. The number of aliphatic carboxylic acids is 1. The van der Waals surface area contributed by atoms with Gasteiger partial charge in [0.25, 0.3) is 0 Å². The molecule has 0 aliphatic rings. The van der Waals surface area contributed by atoms with Gasteiger partial charge in [0.05, 0.1) is 0 Å². The first-order valence-corrected chi connectivity index (χ1v) is 5.79. The molecule has 0 bridgehead atoms. The van der Waals surface area contributed by atoms with Crippen LogP contribution in [0.25, 0.3) is 0 Å². The third-order valence-corrected chi connectivity index (χ3v) is 2.78. The Labute approximate surface area is 116 Å². The Hall–Kier alpha value is -2.57. The molecule has 21 heavy (non-hydrogen) atoms. The second kappa shape index (κ2) is 5.82. The van der Waals surface area contributed by atoms with Crippen molar-refractivity contribution in [2.24, 2.45) is 0 Å². The number of rotatable bonds is 4. The van der Waals surface area contributed by atoms with Crippen molar-refractivity contribution < 1.29 is 27.5 Å². The van der Waals surface area contributed by atoms with Crippen LogP contribution >= 0.6 is 0 Å². The van der Waals surface area contributed by atoms with Crippen LogP contribution < -0.4 is 5.32 Å². The third-order valence-electron chi connectivity index (χ3n) is 2.78. The van der Waals surface area contributed by atoms with Crippen molar-refractivity contribution in [2.75, 3.05) is 5.32 Å². The van der Waals surface area contributed by atoms with Crippen molar-refractivity contribution in [3.05, 3.63) is 65.2 Å². The lowest BCUT2D eigenvalue weighted by atomic mass is 10.1. The minimum absolute atomic E-state index is 0.0497. The molecule has 0 saturated heterocycles. The molecule has 0 radical (unpaired) electrons. The Morgan fingerprint density at radius 3 is 2.00 bits per heavy atom. The third kappa shape index (κ3) is 2.96. The molecule has 1 unspecified atom stereocenters. The fraction of sp³-hybridized carbons (Fsp3) is 0.0714. The van der Waals surface area contributed by atoms with Gasteiger partial charge in [-0.05, 0) is 5.56 Å². The summed E-state index contributed by atoms with van der Waals surface area (Å²) in [6.07, 6.45) is 0. The average molecular weight is 299 g/mol. The molecule has 2 aromatic rings. The van der Waals surface area contributed by atoms with Gasteiger partial charge in [0.1, 0.15) is 5.69 Å². The van der Waals surface area contributed by atoms with Gasteiger partial charge in [-0.3, -0.25) is 0 Å². The lowest BCUT2D eigenvalue weighted by molar-refractivity contribution is -0.138. The van der Waals surface area contributed by atoms with Gasteiger partial charge in [-0.2, -0.15) is 0 Å². The second-order valence-electron chi connectivity index (χ2n) is 4.17. The van der Waals surface area contributed by atoms with Crippen LogP contribution in [0.2, 0.25) is 0 Å². The first-order valence-electron chi connectivity index (χ1n) is 5.79. The van der Waals surface area contributed by atoms with Gasteiger partial charge in [0.15, 0.2) is 29.3 Å². The molecule has 2 N–H and O–H groups in total. The van der Waals surface area contributed by atoms with Gasteiger partial charge < -0.3 is 10.4 Å². The van der Waals surface area contributed by atoms with Gasteiger partial charge in [-0.15, -0.1) is 0 Å². The number of carboxylic acids is 1. The summed E-state index contributed by atoms with van der Waals surface area (Å²) in [4.78, 5) is 11.2. The van der Waals surface area contributed by atoms with Crippen LogP contribution in [0.5, 0.6) is 0 Å². The van der Waals surface area contributed by atoms with E-state index in [1.165, 1.54) is 24.3 Å². The fourth-order valence-corrected chi connectivity index (χ4v) is 1.78. The molecule has 110 valence electrons. The first kappa shape index (κ1) is 14.8. The molecule has 0 aromatic heterocycles. The maximum atomic E-state index is 13.5. The maximum Gasteiger partial charge on any atom is 0.330 e. The van der Waals surface area contributed by atoms with Crippen LogP contribution in [0.1, 0.15) is 11.6 Å². The van der Waals surface area contributed by atoms with Gasteiger partial charge in [0, 0.05) is 6.07 Å². The van der Waals surface area contributed by atoms with Gasteiger partial charge in [-0.25, -0.2) is 22.4 Å². The van der Waals surface area contributed by atoms with Crippen LogP contribution in [0, 0.1) is 23.3 Å². The summed E-state index contributed by atoms with van der Waals surface area (Å²) >= 11 is 0. The van der Waals surface area contributed by atoms with Crippen molar-refractivity contribution in [3.63, 3.8) is 0 Å². The van der Waals surface area contributed by atoms with E-state index in [1.54, 1.807) is 6.07 Å². The predicted octanol–water partition coefficient (Wildman–Crippen LogP) is 3.48. The summed E-state index contributed by atoms with van der Waals surface area (Å²) in [6, 6.07) is 5.95. The number of halogens is 4. The Kier molecular flexibility index (Phi) is 4.11. The predicted molar refractivity (Wildman–Crippen MR) is 66.7 cm³/mol. The molecule has 0 fully saturated rings. The number of nitrogens with one attached hydrogen (secondary N) is 1. The molecule has 0 aliphatic carbocycles. The van der Waals surface area contributed by atoms with E-state index in [1.807, 2.05) is 5.32 Å². The highest BCUT2D eigenvalue weighted by molar-refractivity contribution is 5.79. The quantitative estimate of drug-likeness (QED) is 0.671. The molecular formula is C14H9F4NO2. The molecule has 3 nitrogen and oxygen atoms in total. The Morgan fingerprint density at radius 2 is 1.52 bits per heavy atom. The van der Waals surface area contributed by atoms with Crippen molar-refractivity contribution >= 4 is 11.7 Å². The average Bonchev–Trinajstić information content (AvgIpc) is 2.46. The number of hydrogen-bond acceptors (Lipinski definition) is 2. The molecule has 0 aliphatic heterocycles. The van der Waals surface area contributed by atoms with E-state index in [4.69, 9.17) is 5.11 Å². The highest BCUT2D eigenvalue weighted by atomic mass is 19.2. The van der Waals surface area contributed by atoms with E-state index in [0.29, 0.717) is 0 Å². The first-order chi connectivity index (χ1) is 9.91. The fourth-order valence-electron chi connectivity index (χ4n) is 1.78. The van der Waals surface area contributed by atoms with Gasteiger partial charge in [-0.1, -0.05) is 30.3 Å². The summed E-state index contributed by atoms with van der Waals surface area (Å²) < 4.78 is 53.3. The monoisotopic (exact) mass is 299 g/mol. The minimum atomic E-state index is -1.68. The Balaban J connectivity index is 2.46. The Bertz CT molecular complexity index is 650. The lowest BCUT2D eigenvalue weighted by Gasteiger charge is -2.17. The highest BCUT2D eigenvalue weighted by Gasteiger charge is 2.26. The zero-order valence-electron chi connectivity index (χ0n) is 10.4. The van der Waals surface area contributed by atoms with Crippen LogP contribution in [0.4, 0.5) is 23.2 Å². The van der Waals surface area contributed by atoms with Gasteiger partial charge in [0.2, 0.25) is 0 Å². The van der Waals surface area contributed by atoms with Crippen LogP contribution in [-0.4, -0.2) is 11.1 Å². The van der Waals surface area contributed by atoms with E-state index in [-0.39, 0.29) is 11.6 Å². The van der Waals surface area contributed by atoms with E-state index in [2.05, 4.69) is 0 Å². The lowest BCUT2D eigenvalue weighted by Crippen LogP contribution is -2.22. The standard InChI is InChI=1S/C14H9F4NO2/c15-8-6-9(16)11(18)13(10(8)17)19-12(14(20)21)7-4-2-1-3-5-7/h1-6,12,19H,(H,20,21). The summed E-state index contributed by atoms with van der Waals surface area (Å²) in [7, 11) is 0.